The van der Waals surface area contributed by atoms with Gasteiger partial charge in [0, 0.05) is 31.0 Å². The van der Waals surface area contributed by atoms with E-state index in [0.29, 0.717) is 25.3 Å². The quantitative estimate of drug-likeness (QED) is 0.626. The van der Waals surface area contributed by atoms with Gasteiger partial charge in [-0.1, -0.05) is 35.9 Å². The Morgan fingerprint density at radius 3 is 2.75 bits per heavy atom. The van der Waals surface area contributed by atoms with Gasteiger partial charge in [0.1, 0.15) is 0 Å². The predicted octanol–water partition coefficient (Wildman–Crippen LogP) is 2.39. The van der Waals surface area contributed by atoms with Gasteiger partial charge >= 0.3 is 0 Å². The third kappa shape index (κ3) is 3.86. The third-order valence-electron chi connectivity index (χ3n) is 4.15. The van der Waals surface area contributed by atoms with E-state index in [2.05, 4.69) is 4.98 Å². The summed E-state index contributed by atoms with van der Waals surface area (Å²) in [4.78, 5) is 30.3. The molecule has 1 fully saturated rings. The first-order valence-corrected chi connectivity index (χ1v) is 8.04. The number of nitrogens with zero attached hydrogens (tertiary/aromatic N) is 2. The number of likely N-dealkylation sites (tertiary alicyclic amines) is 1. The molecule has 2 aromatic rings. The van der Waals surface area contributed by atoms with E-state index in [1.165, 1.54) is 0 Å². The Hall–Kier alpha value is -2.53. The molecule has 0 radical (unpaired) electrons. The normalized spacial score (nSPS) is 17.0. The largest absolute Gasteiger partial charge is 0.372 e. The Balaban J connectivity index is 1.54. The van der Waals surface area contributed by atoms with Gasteiger partial charge in [-0.2, -0.15) is 0 Å². The second-order valence-electron chi connectivity index (χ2n) is 6.03. The van der Waals surface area contributed by atoms with Gasteiger partial charge in [-0.15, -0.1) is 0 Å². The molecule has 124 valence electrons. The summed E-state index contributed by atoms with van der Waals surface area (Å²) < 4.78 is 5.83. The number of ketones is 1. The first kappa shape index (κ1) is 16.3. The van der Waals surface area contributed by atoms with Crippen LogP contribution in [0, 0.1) is 6.92 Å². The molecule has 1 aromatic heterocycles. The van der Waals surface area contributed by atoms with Crippen molar-refractivity contribution in [3.63, 3.8) is 0 Å². The van der Waals surface area contributed by atoms with E-state index in [1.54, 1.807) is 29.4 Å². The van der Waals surface area contributed by atoms with E-state index in [9.17, 15) is 9.59 Å². The molecule has 0 N–H and O–H groups in total. The SMILES string of the molecule is Cc1ccc(C(=O)C(=O)N2CC[C@H](OCc3cccnc3)C2)cc1. The molecule has 0 spiro atoms. The Kier molecular flexibility index (Phi) is 5.01. The number of hydrogen-bond donors (Lipinski definition) is 0. The summed E-state index contributed by atoms with van der Waals surface area (Å²) in [5.74, 6) is -0.908. The van der Waals surface area contributed by atoms with Gasteiger partial charge in [0.15, 0.2) is 0 Å². The van der Waals surface area contributed by atoms with Crippen LogP contribution < -0.4 is 0 Å². The molecule has 0 saturated carbocycles. The van der Waals surface area contributed by atoms with Crippen molar-refractivity contribution in [3.05, 3.63) is 65.5 Å². The molecule has 0 aliphatic carbocycles. The molecule has 0 unspecified atom stereocenters. The first-order valence-electron chi connectivity index (χ1n) is 8.04. The van der Waals surface area contributed by atoms with E-state index in [1.807, 2.05) is 31.2 Å². The van der Waals surface area contributed by atoms with Gasteiger partial charge in [0.25, 0.3) is 5.91 Å². The number of amides is 1. The lowest BCUT2D eigenvalue weighted by atomic mass is 10.1. The molecule has 1 aliphatic heterocycles. The second kappa shape index (κ2) is 7.36. The van der Waals surface area contributed by atoms with Crippen molar-refractivity contribution in [3.8, 4) is 0 Å². The summed E-state index contributed by atoms with van der Waals surface area (Å²) in [6.07, 6.45) is 4.18. The van der Waals surface area contributed by atoms with E-state index in [0.717, 1.165) is 17.5 Å². The number of aryl methyl sites for hydroxylation is 1. The molecular weight excluding hydrogens is 304 g/mol. The van der Waals surface area contributed by atoms with Crippen LogP contribution in [0.25, 0.3) is 0 Å². The van der Waals surface area contributed by atoms with Crippen molar-refractivity contribution in [1.29, 1.82) is 0 Å². The number of rotatable bonds is 5. The maximum atomic E-state index is 12.4. The molecule has 0 bridgehead atoms. The molecule has 1 amide bonds. The molecule has 24 heavy (non-hydrogen) atoms. The van der Waals surface area contributed by atoms with Gasteiger partial charge in [-0.25, -0.2) is 0 Å². The number of aromatic nitrogens is 1. The van der Waals surface area contributed by atoms with Crippen LogP contribution in [-0.2, 0) is 16.1 Å². The molecule has 1 aliphatic rings. The minimum absolute atomic E-state index is 0.0417. The van der Waals surface area contributed by atoms with Crippen molar-refractivity contribution < 1.29 is 14.3 Å². The predicted molar refractivity (Wildman–Crippen MR) is 89.5 cm³/mol. The number of benzene rings is 1. The minimum Gasteiger partial charge on any atom is -0.372 e. The van der Waals surface area contributed by atoms with Gasteiger partial charge in [-0.3, -0.25) is 14.6 Å². The highest BCUT2D eigenvalue weighted by Crippen LogP contribution is 2.16. The lowest BCUT2D eigenvalue weighted by Gasteiger charge is -2.16. The number of Topliss-reactive ketones (excluding diaryl/α,β-unsaturated/α-hetero) is 1. The Labute approximate surface area is 141 Å². The number of hydrogen-bond acceptors (Lipinski definition) is 4. The number of carbonyl (C=O) groups is 2. The highest BCUT2D eigenvalue weighted by Gasteiger charge is 2.30. The fraction of sp³-hybridized carbons (Fsp3) is 0.316. The van der Waals surface area contributed by atoms with Crippen LogP contribution in [0.1, 0.15) is 27.9 Å². The van der Waals surface area contributed by atoms with Gasteiger partial charge in [0.05, 0.1) is 12.7 Å². The van der Waals surface area contributed by atoms with Crippen molar-refractivity contribution in [2.75, 3.05) is 13.1 Å². The Morgan fingerprint density at radius 1 is 1.25 bits per heavy atom. The van der Waals surface area contributed by atoms with E-state index >= 15 is 0 Å². The molecule has 1 aromatic carbocycles. The smallest absolute Gasteiger partial charge is 0.295 e. The summed E-state index contributed by atoms with van der Waals surface area (Å²) in [5.41, 5.74) is 2.49. The van der Waals surface area contributed by atoms with Crippen LogP contribution in [0.3, 0.4) is 0 Å². The maximum Gasteiger partial charge on any atom is 0.295 e. The van der Waals surface area contributed by atoms with Crippen molar-refractivity contribution >= 4 is 11.7 Å². The third-order valence-corrected chi connectivity index (χ3v) is 4.15. The summed E-state index contributed by atoms with van der Waals surface area (Å²) in [6, 6.07) is 10.9. The lowest BCUT2D eigenvalue weighted by Crippen LogP contribution is -2.35. The average molecular weight is 324 g/mol. The molecule has 5 heteroatoms. The number of pyridine rings is 1. The van der Waals surface area contributed by atoms with Crippen LogP contribution in [0.2, 0.25) is 0 Å². The fourth-order valence-corrected chi connectivity index (χ4v) is 2.72. The summed E-state index contributed by atoms with van der Waals surface area (Å²) in [7, 11) is 0. The molecular formula is C19H20N2O3. The maximum absolute atomic E-state index is 12.4. The zero-order chi connectivity index (χ0) is 16.9. The topological polar surface area (TPSA) is 59.5 Å². The molecule has 5 nitrogen and oxygen atoms in total. The number of ether oxygens (including phenoxy) is 1. The monoisotopic (exact) mass is 324 g/mol. The van der Waals surface area contributed by atoms with Crippen LogP contribution >= 0.6 is 0 Å². The molecule has 1 saturated heterocycles. The zero-order valence-corrected chi connectivity index (χ0v) is 13.6. The van der Waals surface area contributed by atoms with Gasteiger partial charge in [0.2, 0.25) is 5.78 Å². The second-order valence-corrected chi connectivity index (χ2v) is 6.03. The van der Waals surface area contributed by atoms with Gasteiger partial charge in [-0.05, 0) is 25.0 Å². The summed E-state index contributed by atoms with van der Waals surface area (Å²) in [6.45, 7) is 3.41. The van der Waals surface area contributed by atoms with E-state index < -0.39 is 11.7 Å². The zero-order valence-electron chi connectivity index (χ0n) is 13.6. The summed E-state index contributed by atoms with van der Waals surface area (Å²) in [5, 5.41) is 0. The highest BCUT2D eigenvalue weighted by molar-refractivity contribution is 6.42. The Morgan fingerprint density at radius 2 is 2.04 bits per heavy atom. The minimum atomic E-state index is -0.456. The Bertz CT molecular complexity index is 713. The van der Waals surface area contributed by atoms with Crippen molar-refractivity contribution in [2.45, 2.75) is 26.1 Å². The van der Waals surface area contributed by atoms with Crippen LogP contribution in [-0.4, -0.2) is 40.8 Å². The van der Waals surface area contributed by atoms with E-state index in [-0.39, 0.29) is 6.10 Å². The van der Waals surface area contributed by atoms with Crippen molar-refractivity contribution in [1.82, 2.24) is 9.88 Å². The highest BCUT2D eigenvalue weighted by atomic mass is 16.5. The average Bonchev–Trinajstić information content (AvgIpc) is 3.09. The molecule has 3 rings (SSSR count). The first-order chi connectivity index (χ1) is 11.6. The van der Waals surface area contributed by atoms with Crippen LogP contribution in [0.5, 0.6) is 0 Å². The standard InChI is InChI=1S/C19H20N2O3/c1-14-4-6-16(7-5-14)18(22)19(23)21-10-8-17(12-21)24-13-15-3-2-9-20-11-15/h2-7,9,11,17H,8,10,12-13H2,1H3/t17-/m0/s1. The lowest BCUT2D eigenvalue weighted by molar-refractivity contribution is -0.126. The fourth-order valence-electron chi connectivity index (χ4n) is 2.72. The van der Waals surface area contributed by atoms with Crippen molar-refractivity contribution in [2.24, 2.45) is 0 Å². The van der Waals surface area contributed by atoms with E-state index in [4.69, 9.17) is 4.74 Å². The van der Waals surface area contributed by atoms with Crippen LogP contribution in [0.4, 0.5) is 0 Å². The summed E-state index contributed by atoms with van der Waals surface area (Å²) >= 11 is 0. The van der Waals surface area contributed by atoms with Crippen LogP contribution in [0.15, 0.2) is 48.8 Å². The van der Waals surface area contributed by atoms with Gasteiger partial charge < -0.3 is 9.64 Å². The number of carbonyl (C=O) groups excluding carboxylic acids is 2. The molecule has 2 heterocycles. The molecule has 1 atom stereocenters.